The minimum Gasteiger partial charge on any atom is -0.310 e. The fraction of sp³-hybridized carbons (Fsp3) is 0.0606. The number of rotatable bonds is 5. The van der Waals surface area contributed by atoms with Gasteiger partial charge in [-0.25, -0.2) is 9.97 Å². The van der Waals surface area contributed by atoms with Gasteiger partial charge in [-0.1, -0.05) is 139 Å². The Labute approximate surface area is 419 Å². The largest absolute Gasteiger partial charge is 0.310 e. The van der Waals surface area contributed by atoms with Gasteiger partial charge in [0.15, 0.2) is 5.82 Å². The molecule has 11 aromatic rings. The van der Waals surface area contributed by atoms with E-state index >= 15 is 0 Å². The lowest BCUT2D eigenvalue weighted by Gasteiger charge is -2.56. The van der Waals surface area contributed by atoms with Gasteiger partial charge in [-0.05, 0) is 149 Å². The second-order valence-corrected chi connectivity index (χ2v) is 19.2. The van der Waals surface area contributed by atoms with E-state index in [4.69, 9.17) is 9.97 Å². The zero-order valence-electron chi connectivity index (χ0n) is 39.8. The first-order chi connectivity index (χ1) is 35.5. The van der Waals surface area contributed by atoms with Crippen LogP contribution in [0, 0.1) is 13.8 Å². The molecule has 0 atom stereocenters. The molecule has 0 N–H and O–H groups in total. The summed E-state index contributed by atoms with van der Waals surface area (Å²) in [6, 6.07) is 80.5. The van der Waals surface area contributed by atoms with E-state index in [-0.39, 0.29) is 0 Å². The maximum atomic E-state index is 5.15. The summed E-state index contributed by atoms with van der Waals surface area (Å²) in [4.78, 5) is 23.7. The van der Waals surface area contributed by atoms with Crippen molar-refractivity contribution in [1.29, 1.82) is 0 Å². The van der Waals surface area contributed by atoms with Gasteiger partial charge < -0.3 is 9.80 Å². The first-order valence-electron chi connectivity index (χ1n) is 24.6. The van der Waals surface area contributed by atoms with Gasteiger partial charge in [-0.15, -0.1) is 0 Å². The van der Waals surface area contributed by atoms with Gasteiger partial charge in [0.2, 0.25) is 0 Å². The molecule has 0 bridgehead atoms. The third-order valence-corrected chi connectivity index (χ3v) is 15.2. The average molecular weight is 923 g/mol. The van der Waals surface area contributed by atoms with E-state index in [1.54, 1.807) is 24.8 Å². The fourth-order valence-corrected chi connectivity index (χ4v) is 12.3. The van der Waals surface area contributed by atoms with Crippen molar-refractivity contribution < 1.29 is 0 Å². The molecule has 0 unspecified atom stereocenters. The van der Waals surface area contributed by atoms with Crippen LogP contribution in [-0.2, 0) is 10.8 Å². The van der Waals surface area contributed by atoms with Crippen LogP contribution in [-0.4, -0.2) is 19.9 Å². The van der Waals surface area contributed by atoms with Crippen molar-refractivity contribution in [3.05, 3.63) is 299 Å². The van der Waals surface area contributed by atoms with Crippen molar-refractivity contribution in [3.8, 4) is 33.9 Å². The molecule has 3 aliphatic rings. The van der Waals surface area contributed by atoms with Crippen molar-refractivity contribution in [2.75, 3.05) is 9.80 Å². The van der Waals surface area contributed by atoms with E-state index in [0.29, 0.717) is 5.82 Å². The Kier molecular flexibility index (Phi) is 9.35. The Morgan fingerprint density at radius 3 is 1.14 bits per heavy atom. The molecule has 8 aromatic carbocycles. The van der Waals surface area contributed by atoms with E-state index in [9.17, 15) is 0 Å². The predicted octanol–water partition coefficient (Wildman–Crippen LogP) is 15.5. The van der Waals surface area contributed by atoms with E-state index in [1.807, 2.05) is 30.3 Å². The first kappa shape index (κ1) is 41.7. The van der Waals surface area contributed by atoms with E-state index < -0.39 is 10.8 Å². The van der Waals surface area contributed by atoms with E-state index in [1.165, 1.54) is 67.0 Å². The normalized spacial score (nSPS) is 14.1. The summed E-state index contributed by atoms with van der Waals surface area (Å²) < 4.78 is 0. The van der Waals surface area contributed by atoms with Gasteiger partial charge in [0.05, 0.1) is 45.0 Å². The highest BCUT2D eigenvalue weighted by molar-refractivity contribution is 5.95. The maximum absolute atomic E-state index is 5.15. The summed E-state index contributed by atoms with van der Waals surface area (Å²) in [6.07, 6.45) is 7.20. The minimum atomic E-state index is -0.692. The average Bonchev–Trinajstić information content (AvgIpc) is 3.45. The van der Waals surface area contributed by atoms with Gasteiger partial charge in [0.25, 0.3) is 0 Å². The van der Waals surface area contributed by atoms with Crippen LogP contribution in [0.1, 0.15) is 55.6 Å². The summed E-state index contributed by atoms with van der Waals surface area (Å²) in [5, 5.41) is 0. The number of hydrogen-bond acceptors (Lipinski definition) is 6. The Morgan fingerprint density at radius 1 is 0.306 bits per heavy atom. The Bertz CT molecular complexity index is 3700. The molecule has 0 saturated carbocycles. The number of para-hydroxylation sites is 3. The third-order valence-electron chi connectivity index (χ3n) is 15.2. The second kappa shape index (κ2) is 16.2. The smallest absolute Gasteiger partial charge is 0.160 e. The number of nitrogens with zero attached hydrogens (tertiary/aromatic N) is 6. The zero-order valence-corrected chi connectivity index (χ0v) is 39.8. The van der Waals surface area contributed by atoms with Crippen LogP contribution in [0.5, 0.6) is 0 Å². The summed E-state index contributed by atoms with van der Waals surface area (Å²) in [5.41, 5.74) is 22.6. The maximum Gasteiger partial charge on any atom is 0.160 e. The molecular formula is C66H46N6. The van der Waals surface area contributed by atoms with E-state index in [2.05, 4.69) is 222 Å². The van der Waals surface area contributed by atoms with Gasteiger partial charge in [0, 0.05) is 52.9 Å². The molecule has 72 heavy (non-hydrogen) atoms. The Morgan fingerprint density at radius 2 is 0.681 bits per heavy atom. The molecule has 6 nitrogen and oxygen atoms in total. The summed E-state index contributed by atoms with van der Waals surface area (Å²) in [7, 11) is 0. The summed E-state index contributed by atoms with van der Waals surface area (Å²) in [6.45, 7) is 4.46. The topological polar surface area (TPSA) is 58.0 Å². The number of aromatic nitrogens is 4. The van der Waals surface area contributed by atoms with Crippen LogP contribution in [0.25, 0.3) is 33.9 Å². The van der Waals surface area contributed by atoms with Crippen molar-refractivity contribution in [2.45, 2.75) is 24.7 Å². The van der Waals surface area contributed by atoms with Gasteiger partial charge in [-0.3, -0.25) is 9.97 Å². The van der Waals surface area contributed by atoms with Crippen molar-refractivity contribution in [3.63, 3.8) is 0 Å². The summed E-state index contributed by atoms with van der Waals surface area (Å²) >= 11 is 0. The van der Waals surface area contributed by atoms with E-state index in [0.717, 1.165) is 50.8 Å². The molecular weight excluding hydrogens is 877 g/mol. The molecule has 5 heterocycles. The van der Waals surface area contributed by atoms with Crippen molar-refractivity contribution in [1.82, 2.24) is 19.9 Å². The van der Waals surface area contributed by atoms with Gasteiger partial charge in [0.1, 0.15) is 0 Å². The van der Waals surface area contributed by atoms with Gasteiger partial charge in [-0.2, -0.15) is 0 Å². The quantitative estimate of drug-likeness (QED) is 0.171. The number of hydrogen-bond donors (Lipinski definition) is 0. The summed E-state index contributed by atoms with van der Waals surface area (Å²) in [5.74, 6) is 0.648. The first-order valence-corrected chi connectivity index (χ1v) is 24.6. The number of anilines is 6. The van der Waals surface area contributed by atoms with Crippen LogP contribution in [0.4, 0.5) is 34.1 Å². The van der Waals surface area contributed by atoms with Crippen LogP contribution in [0.2, 0.25) is 0 Å². The highest BCUT2D eigenvalue weighted by Gasteiger charge is 2.59. The lowest BCUT2D eigenvalue weighted by atomic mass is 9.49. The van der Waals surface area contributed by atoms with Crippen LogP contribution in [0.3, 0.4) is 0 Å². The molecule has 2 aliphatic heterocycles. The molecule has 0 fully saturated rings. The van der Waals surface area contributed by atoms with Crippen molar-refractivity contribution in [2.24, 2.45) is 0 Å². The second-order valence-electron chi connectivity index (χ2n) is 19.2. The Balaban J connectivity index is 0.993. The van der Waals surface area contributed by atoms with Crippen LogP contribution in [0.15, 0.2) is 243 Å². The minimum absolute atomic E-state index is 0.647. The monoisotopic (exact) mass is 922 g/mol. The number of benzene rings is 8. The lowest BCUT2D eigenvalue weighted by molar-refractivity contribution is 0.607. The third kappa shape index (κ3) is 5.96. The molecule has 14 rings (SSSR count). The highest BCUT2D eigenvalue weighted by Crippen LogP contribution is 2.68. The molecule has 340 valence electrons. The van der Waals surface area contributed by atoms with Crippen LogP contribution < -0.4 is 9.80 Å². The molecule has 6 heteroatoms. The molecule has 0 saturated heterocycles. The van der Waals surface area contributed by atoms with Crippen LogP contribution >= 0.6 is 0 Å². The molecule has 1 aliphatic carbocycles. The number of fused-ring (bicyclic) bond motifs is 14. The number of aryl methyl sites for hydroxylation is 2. The van der Waals surface area contributed by atoms with Crippen molar-refractivity contribution >= 4 is 34.1 Å². The number of pyridine rings is 2. The SMILES string of the molecule is Cc1ccc2c(c1)C1(c3cc(C)ccc3N2c2ccc(-c3nc(-c4ccncc4)cc(-c4ccncc4)n3)cc2)c2ccccc2C2(c3ccccc3N(c3ccccc3)c3ccccc32)c2ccccc21. The standard InChI is InChI=1S/C66H46N6/c1-43-24-30-62-56(40-43)66(57-41-44(2)25-31-63(57)72(62)49-28-26-47(27-29-49)64-69-58(45-32-36-67-37-33-45)42-59(70-64)46-34-38-68-39-35-46)52-18-8-6-16-50(52)65(51-17-7-9-19-53(51)66)54-20-10-12-22-60(54)71(48-14-4-3-5-15-48)61-23-13-11-21-55(61)65/h3-42H,1-2H3. The molecule has 0 amide bonds. The lowest BCUT2D eigenvalue weighted by Crippen LogP contribution is -2.49. The molecule has 2 spiro atoms. The zero-order chi connectivity index (χ0) is 48.0. The molecule has 0 radical (unpaired) electrons. The molecule has 3 aromatic heterocycles. The van der Waals surface area contributed by atoms with Gasteiger partial charge >= 0.3 is 0 Å². The predicted molar refractivity (Wildman–Crippen MR) is 290 cm³/mol. The highest BCUT2D eigenvalue weighted by atomic mass is 15.2. The fourth-order valence-electron chi connectivity index (χ4n) is 12.3. The Hall–Kier alpha value is -9.26.